The predicted octanol–water partition coefficient (Wildman–Crippen LogP) is 2.72. The maximum absolute atomic E-state index is 11.3. The molecule has 0 saturated carbocycles. The molecule has 1 aromatic rings. The number of carbonyl (C=O) groups is 1. The number of para-hydroxylation sites is 1. The van der Waals surface area contributed by atoms with Crippen LogP contribution in [0, 0.1) is 5.92 Å². The third kappa shape index (κ3) is 3.47. The van der Waals surface area contributed by atoms with Gasteiger partial charge >= 0.3 is 5.97 Å². The molecule has 3 nitrogen and oxygen atoms in total. The van der Waals surface area contributed by atoms with Gasteiger partial charge in [-0.25, -0.2) is 4.79 Å². The van der Waals surface area contributed by atoms with Crippen LogP contribution in [0.5, 0.6) is 5.75 Å². The van der Waals surface area contributed by atoms with Gasteiger partial charge in [0.1, 0.15) is 11.3 Å². The summed E-state index contributed by atoms with van der Waals surface area (Å²) in [5.41, 5.74) is 0.396. The van der Waals surface area contributed by atoms with Crippen molar-refractivity contribution < 1.29 is 13.7 Å². The molecule has 0 spiro atoms. The first kappa shape index (κ1) is 11.9. The normalized spacial score (nSPS) is 10.1. The van der Waals surface area contributed by atoms with Crippen molar-refractivity contribution in [2.45, 2.75) is 13.8 Å². The number of ether oxygens (including phenoxy) is 1. The van der Waals surface area contributed by atoms with Crippen LogP contribution in [-0.4, -0.2) is 12.6 Å². The molecule has 0 amide bonds. The van der Waals surface area contributed by atoms with E-state index >= 15 is 0 Å². The second-order valence-corrected chi connectivity index (χ2v) is 3.76. The number of thiol groups is 1. The summed E-state index contributed by atoms with van der Waals surface area (Å²) in [5.74, 6) is 0.438. The largest absolute Gasteiger partial charge is 0.492 e. The Morgan fingerprint density at radius 3 is 2.67 bits per heavy atom. The van der Waals surface area contributed by atoms with E-state index in [0.29, 0.717) is 23.8 Å². The SMILES string of the molecule is CC(C)COc1ccccc1C(=O)OS. The lowest BCUT2D eigenvalue weighted by Crippen LogP contribution is -2.08. The van der Waals surface area contributed by atoms with Gasteiger partial charge in [-0.2, -0.15) is 0 Å². The zero-order valence-corrected chi connectivity index (χ0v) is 9.66. The first-order chi connectivity index (χ1) is 7.15. The highest BCUT2D eigenvalue weighted by Gasteiger charge is 2.12. The lowest BCUT2D eigenvalue weighted by Gasteiger charge is -2.11. The summed E-state index contributed by atoms with van der Waals surface area (Å²) >= 11 is 3.48. The molecule has 0 aliphatic rings. The second-order valence-electron chi connectivity index (χ2n) is 3.58. The molecule has 0 saturated heterocycles. The van der Waals surface area contributed by atoms with E-state index in [0.717, 1.165) is 0 Å². The van der Waals surface area contributed by atoms with E-state index in [4.69, 9.17) is 4.74 Å². The van der Waals surface area contributed by atoms with Crippen LogP contribution in [0.2, 0.25) is 0 Å². The third-order valence-electron chi connectivity index (χ3n) is 1.76. The zero-order valence-electron chi connectivity index (χ0n) is 8.77. The standard InChI is InChI=1S/C11H14O3S/c1-8(2)7-13-10-6-4-3-5-9(10)11(12)14-15/h3-6,8,15H,7H2,1-2H3. The molecular weight excluding hydrogens is 212 g/mol. The Kier molecular flexibility index (Phi) is 4.49. The van der Waals surface area contributed by atoms with Crippen molar-refractivity contribution in [1.29, 1.82) is 0 Å². The molecule has 0 unspecified atom stereocenters. The minimum atomic E-state index is -0.502. The van der Waals surface area contributed by atoms with Crippen molar-refractivity contribution in [3.8, 4) is 5.75 Å². The van der Waals surface area contributed by atoms with E-state index in [9.17, 15) is 4.79 Å². The van der Waals surface area contributed by atoms with Crippen LogP contribution in [0.25, 0.3) is 0 Å². The number of hydrogen-bond acceptors (Lipinski definition) is 4. The molecule has 0 aromatic heterocycles. The third-order valence-corrected chi connectivity index (χ3v) is 1.93. The molecule has 0 fully saturated rings. The lowest BCUT2D eigenvalue weighted by molar-refractivity contribution is 0.0767. The monoisotopic (exact) mass is 226 g/mol. The van der Waals surface area contributed by atoms with Crippen molar-refractivity contribution >= 4 is 18.9 Å². The van der Waals surface area contributed by atoms with Gasteiger partial charge in [0.25, 0.3) is 0 Å². The minimum absolute atomic E-state index is 0.396. The van der Waals surface area contributed by atoms with E-state index < -0.39 is 5.97 Å². The molecule has 82 valence electrons. The number of carbonyl (C=O) groups excluding carboxylic acids is 1. The van der Waals surface area contributed by atoms with Crippen LogP contribution in [0.1, 0.15) is 24.2 Å². The van der Waals surface area contributed by atoms with E-state index in [1.54, 1.807) is 18.2 Å². The van der Waals surface area contributed by atoms with Gasteiger partial charge in [0, 0.05) is 12.9 Å². The molecule has 1 aromatic carbocycles. The molecule has 4 heteroatoms. The smallest absolute Gasteiger partial charge is 0.353 e. The number of rotatable bonds is 4. The van der Waals surface area contributed by atoms with Crippen molar-refractivity contribution in [3.05, 3.63) is 29.8 Å². The van der Waals surface area contributed by atoms with Gasteiger partial charge in [-0.1, -0.05) is 26.0 Å². The quantitative estimate of drug-likeness (QED) is 0.633. The fourth-order valence-corrected chi connectivity index (χ4v) is 1.17. The van der Waals surface area contributed by atoms with Crippen LogP contribution < -0.4 is 4.74 Å². The average molecular weight is 226 g/mol. The van der Waals surface area contributed by atoms with E-state index in [1.165, 1.54) is 0 Å². The molecule has 1 rings (SSSR count). The molecule has 0 N–H and O–H groups in total. The Bertz CT molecular complexity index is 336. The maximum Gasteiger partial charge on any atom is 0.353 e. The summed E-state index contributed by atoms with van der Waals surface area (Å²) in [7, 11) is 0. The first-order valence-electron chi connectivity index (χ1n) is 4.72. The summed E-state index contributed by atoms with van der Waals surface area (Å²) in [5, 5.41) is 0. The number of hydrogen-bond donors (Lipinski definition) is 1. The second kappa shape index (κ2) is 5.66. The highest BCUT2D eigenvalue weighted by Crippen LogP contribution is 2.19. The zero-order chi connectivity index (χ0) is 11.3. The lowest BCUT2D eigenvalue weighted by atomic mass is 10.2. The summed E-state index contributed by atoms with van der Waals surface area (Å²) in [4.78, 5) is 11.3. The summed E-state index contributed by atoms with van der Waals surface area (Å²) in [6.07, 6.45) is 0. The molecule has 0 heterocycles. The molecule has 0 atom stereocenters. The van der Waals surface area contributed by atoms with Gasteiger partial charge in [-0.15, -0.1) is 0 Å². The maximum atomic E-state index is 11.3. The fraction of sp³-hybridized carbons (Fsp3) is 0.364. The van der Waals surface area contributed by atoms with Gasteiger partial charge in [0.05, 0.1) is 6.61 Å². The first-order valence-corrected chi connectivity index (χ1v) is 5.09. The molecular formula is C11H14O3S. The molecule has 15 heavy (non-hydrogen) atoms. The van der Waals surface area contributed by atoms with Crippen molar-refractivity contribution in [2.24, 2.45) is 5.92 Å². The van der Waals surface area contributed by atoms with Gasteiger partial charge in [0.2, 0.25) is 0 Å². The Balaban J connectivity index is 2.81. The van der Waals surface area contributed by atoms with Crippen LogP contribution in [0.3, 0.4) is 0 Å². The topological polar surface area (TPSA) is 35.5 Å². The van der Waals surface area contributed by atoms with Crippen LogP contribution in [0.4, 0.5) is 0 Å². The van der Waals surface area contributed by atoms with Crippen LogP contribution >= 0.6 is 12.9 Å². The highest BCUT2D eigenvalue weighted by atomic mass is 32.1. The van der Waals surface area contributed by atoms with Crippen LogP contribution in [-0.2, 0) is 4.18 Å². The van der Waals surface area contributed by atoms with E-state index in [1.807, 2.05) is 19.9 Å². The van der Waals surface area contributed by atoms with Crippen LogP contribution in [0.15, 0.2) is 24.3 Å². The minimum Gasteiger partial charge on any atom is -0.492 e. The molecule has 0 aliphatic heterocycles. The van der Waals surface area contributed by atoms with E-state index in [2.05, 4.69) is 17.1 Å². The number of benzene rings is 1. The Morgan fingerprint density at radius 2 is 2.07 bits per heavy atom. The van der Waals surface area contributed by atoms with Gasteiger partial charge in [0.15, 0.2) is 0 Å². The Morgan fingerprint density at radius 1 is 1.40 bits per heavy atom. The van der Waals surface area contributed by atoms with Gasteiger partial charge in [-0.05, 0) is 18.1 Å². The average Bonchev–Trinajstić information content (AvgIpc) is 2.25. The fourth-order valence-electron chi connectivity index (χ4n) is 1.07. The van der Waals surface area contributed by atoms with Gasteiger partial charge in [-0.3, -0.25) is 0 Å². The summed E-state index contributed by atoms with van der Waals surface area (Å²) in [6, 6.07) is 6.95. The summed E-state index contributed by atoms with van der Waals surface area (Å²) in [6.45, 7) is 4.65. The van der Waals surface area contributed by atoms with Crippen molar-refractivity contribution in [3.63, 3.8) is 0 Å². The van der Waals surface area contributed by atoms with Crippen molar-refractivity contribution in [1.82, 2.24) is 0 Å². The highest BCUT2D eigenvalue weighted by molar-refractivity contribution is 7.75. The molecule has 0 radical (unpaired) electrons. The van der Waals surface area contributed by atoms with Crippen molar-refractivity contribution in [2.75, 3.05) is 6.61 Å². The van der Waals surface area contributed by atoms with Gasteiger partial charge < -0.3 is 8.92 Å². The Hall–Kier alpha value is -1.16. The molecule has 0 aliphatic carbocycles. The Labute approximate surface area is 95.0 Å². The molecule has 0 bridgehead atoms. The summed E-state index contributed by atoms with van der Waals surface area (Å²) < 4.78 is 9.85. The van der Waals surface area contributed by atoms with E-state index in [-0.39, 0.29) is 0 Å². The predicted molar refractivity (Wildman–Crippen MR) is 61.2 cm³/mol.